The number of carbonyl (C=O) groups is 2. The van der Waals surface area contributed by atoms with Crippen LogP contribution in [-0.2, 0) is 13.1 Å². The molecule has 156 valence electrons. The Morgan fingerprint density at radius 2 is 1.86 bits per heavy atom. The lowest BCUT2D eigenvalue weighted by molar-refractivity contribution is -0.168. The van der Waals surface area contributed by atoms with Gasteiger partial charge in [0.05, 0.1) is 12.5 Å². The first kappa shape index (κ1) is 20.8. The number of amides is 2. The zero-order chi connectivity index (χ0) is 21.3. The number of halogens is 5. The molecule has 0 spiro atoms. The lowest BCUT2D eigenvalue weighted by Gasteiger charge is -2.29. The van der Waals surface area contributed by atoms with Gasteiger partial charge in [0.2, 0.25) is 0 Å². The largest absolute Gasteiger partial charge is 0.391 e. The van der Waals surface area contributed by atoms with E-state index in [0.717, 1.165) is 19.1 Å². The summed E-state index contributed by atoms with van der Waals surface area (Å²) in [6, 6.07) is 3.79. The van der Waals surface area contributed by atoms with Crippen molar-refractivity contribution in [3.8, 4) is 0 Å². The van der Waals surface area contributed by atoms with Crippen molar-refractivity contribution >= 4 is 17.5 Å². The van der Waals surface area contributed by atoms with Gasteiger partial charge < -0.3 is 14.8 Å². The summed E-state index contributed by atoms with van der Waals surface area (Å²) in [5, 5.41) is 2.44. The minimum absolute atomic E-state index is 0.00395. The fourth-order valence-electron chi connectivity index (χ4n) is 3.09. The van der Waals surface area contributed by atoms with Crippen LogP contribution in [0.4, 0.5) is 32.4 Å². The number of hydrogen-bond acceptors (Lipinski definition) is 2. The van der Waals surface area contributed by atoms with E-state index in [1.54, 1.807) is 10.8 Å². The van der Waals surface area contributed by atoms with Crippen LogP contribution in [0.15, 0.2) is 30.5 Å². The SMILES string of the molecule is C[C@@H](CC(=O)c1ccn2c1CN(C(=O)Nc1ccc(F)c(F)c1)CC2)C(F)(F)F. The van der Waals surface area contributed by atoms with E-state index in [2.05, 4.69) is 5.32 Å². The number of carbonyl (C=O) groups excluding carboxylic acids is 2. The van der Waals surface area contributed by atoms with Gasteiger partial charge in [0.15, 0.2) is 17.4 Å². The Kier molecular flexibility index (Phi) is 5.63. The van der Waals surface area contributed by atoms with Crippen LogP contribution in [0.2, 0.25) is 0 Å². The number of urea groups is 1. The number of alkyl halides is 3. The predicted molar refractivity (Wildman–Crippen MR) is 94.4 cm³/mol. The molecule has 0 saturated heterocycles. The Balaban J connectivity index is 1.71. The van der Waals surface area contributed by atoms with E-state index in [-0.39, 0.29) is 24.3 Å². The third-order valence-electron chi connectivity index (χ3n) is 4.84. The minimum atomic E-state index is -4.47. The number of hydrogen-bond donors (Lipinski definition) is 1. The van der Waals surface area contributed by atoms with E-state index >= 15 is 0 Å². The highest BCUT2D eigenvalue weighted by Gasteiger charge is 2.38. The zero-order valence-electron chi connectivity index (χ0n) is 15.4. The average molecular weight is 415 g/mol. The van der Waals surface area contributed by atoms with Crippen molar-refractivity contribution in [1.82, 2.24) is 9.47 Å². The summed E-state index contributed by atoms with van der Waals surface area (Å²) in [6.07, 6.45) is -3.54. The van der Waals surface area contributed by atoms with Crippen molar-refractivity contribution in [2.45, 2.75) is 32.6 Å². The van der Waals surface area contributed by atoms with Crippen molar-refractivity contribution in [3.05, 3.63) is 53.4 Å². The van der Waals surface area contributed by atoms with Gasteiger partial charge in [-0.05, 0) is 18.2 Å². The molecule has 0 radical (unpaired) electrons. The van der Waals surface area contributed by atoms with Gasteiger partial charge in [-0.15, -0.1) is 0 Å². The van der Waals surface area contributed by atoms with Crippen LogP contribution in [-0.4, -0.2) is 34.0 Å². The molecule has 2 aromatic rings. The summed E-state index contributed by atoms with van der Waals surface area (Å²) >= 11 is 0. The number of benzene rings is 1. The van der Waals surface area contributed by atoms with Crippen LogP contribution < -0.4 is 5.32 Å². The molecule has 0 unspecified atom stereocenters. The van der Waals surface area contributed by atoms with Gasteiger partial charge in [-0.3, -0.25) is 4.79 Å². The Labute approximate surface area is 163 Å². The second-order valence-electron chi connectivity index (χ2n) is 6.92. The van der Waals surface area contributed by atoms with Crippen molar-refractivity contribution < 1.29 is 31.5 Å². The summed E-state index contributed by atoms with van der Waals surface area (Å²) in [6.45, 7) is 1.58. The number of rotatable bonds is 4. The number of nitrogens with one attached hydrogen (secondary N) is 1. The molecule has 2 amide bonds. The maximum atomic E-state index is 13.3. The molecule has 1 atom stereocenters. The van der Waals surface area contributed by atoms with E-state index < -0.39 is 42.0 Å². The standard InChI is InChI=1S/C19H18F5N3O2/c1-11(19(22,23)24)8-17(28)13-4-5-26-6-7-27(10-16(13)26)18(29)25-12-2-3-14(20)15(21)9-12/h2-5,9,11H,6-8,10H2,1H3,(H,25,29)/t11-/m0/s1. The Morgan fingerprint density at radius 1 is 1.14 bits per heavy atom. The third kappa shape index (κ3) is 4.57. The summed E-state index contributed by atoms with van der Waals surface area (Å²) in [7, 11) is 0. The molecule has 3 rings (SSSR count). The molecule has 0 aliphatic carbocycles. The Morgan fingerprint density at radius 3 is 2.52 bits per heavy atom. The van der Waals surface area contributed by atoms with Gasteiger partial charge in [0.25, 0.3) is 0 Å². The van der Waals surface area contributed by atoms with Crippen molar-refractivity contribution in [2.24, 2.45) is 5.92 Å². The second kappa shape index (κ2) is 7.84. The number of Topliss-reactive ketones (excluding diaryl/α,β-unsaturated/α-hetero) is 1. The molecule has 1 aliphatic rings. The number of fused-ring (bicyclic) bond motifs is 1. The van der Waals surface area contributed by atoms with Crippen molar-refractivity contribution in [2.75, 3.05) is 11.9 Å². The number of aromatic nitrogens is 1. The molecule has 1 aromatic heterocycles. The molecular weight excluding hydrogens is 397 g/mol. The minimum Gasteiger partial charge on any atom is -0.347 e. The van der Waals surface area contributed by atoms with Crippen LogP contribution in [0.1, 0.15) is 29.4 Å². The number of anilines is 1. The topological polar surface area (TPSA) is 54.3 Å². The second-order valence-corrected chi connectivity index (χ2v) is 6.92. The highest BCUT2D eigenvalue weighted by atomic mass is 19.4. The van der Waals surface area contributed by atoms with Crippen molar-refractivity contribution in [3.63, 3.8) is 0 Å². The average Bonchev–Trinajstić information content (AvgIpc) is 3.07. The molecule has 10 heteroatoms. The van der Waals surface area contributed by atoms with Crippen LogP contribution in [0.25, 0.3) is 0 Å². The zero-order valence-corrected chi connectivity index (χ0v) is 15.4. The number of ketones is 1. The third-order valence-corrected chi connectivity index (χ3v) is 4.84. The molecule has 1 aliphatic heterocycles. The van der Waals surface area contributed by atoms with Gasteiger partial charge in [0.1, 0.15) is 0 Å². The normalized spacial score (nSPS) is 15.0. The summed E-state index contributed by atoms with van der Waals surface area (Å²) < 4.78 is 66.3. The van der Waals surface area contributed by atoms with Gasteiger partial charge in [0, 0.05) is 48.7 Å². The van der Waals surface area contributed by atoms with Gasteiger partial charge in [-0.1, -0.05) is 6.92 Å². The molecule has 29 heavy (non-hydrogen) atoms. The molecular formula is C19H18F5N3O2. The predicted octanol–water partition coefficient (Wildman–Crippen LogP) is 4.59. The highest BCUT2D eigenvalue weighted by Crippen LogP contribution is 2.30. The van der Waals surface area contributed by atoms with Crippen molar-refractivity contribution in [1.29, 1.82) is 0 Å². The van der Waals surface area contributed by atoms with E-state index in [0.29, 0.717) is 12.2 Å². The highest BCUT2D eigenvalue weighted by molar-refractivity contribution is 5.97. The molecule has 0 bridgehead atoms. The fraction of sp³-hybridized carbons (Fsp3) is 0.368. The Hall–Kier alpha value is -2.91. The van der Waals surface area contributed by atoms with E-state index in [1.165, 1.54) is 17.0 Å². The molecule has 1 N–H and O–H groups in total. The van der Waals surface area contributed by atoms with E-state index in [1.807, 2.05) is 0 Å². The quantitative estimate of drug-likeness (QED) is 0.587. The van der Waals surface area contributed by atoms with Gasteiger partial charge >= 0.3 is 12.2 Å². The van der Waals surface area contributed by atoms with Crippen LogP contribution in [0, 0.1) is 17.6 Å². The maximum Gasteiger partial charge on any atom is 0.391 e. The first-order valence-corrected chi connectivity index (χ1v) is 8.85. The number of nitrogens with zero attached hydrogens (tertiary/aromatic N) is 2. The smallest absolute Gasteiger partial charge is 0.347 e. The van der Waals surface area contributed by atoms with Gasteiger partial charge in [-0.2, -0.15) is 13.2 Å². The molecule has 1 aromatic carbocycles. The van der Waals surface area contributed by atoms with Crippen LogP contribution in [0.3, 0.4) is 0 Å². The lowest BCUT2D eigenvalue weighted by Crippen LogP contribution is -2.41. The molecule has 2 heterocycles. The maximum absolute atomic E-state index is 13.3. The fourth-order valence-corrected chi connectivity index (χ4v) is 3.09. The lowest BCUT2D eigenvalue weighted by atomic mass is 9.99. The Bertz CT molecular complexity index is 938. The van der Waals surface area contributed by atoms with Gasteiger partial charge in [-0.25, -0.2) is 13.6 Å². The van der Waals surface area contributed by atoms with Crippen LogP contribution >= 0.6 is 0 Å². The van der Waals surface area contributed by atoms with E-state index in [4.69, 9.17) is 0 Å². The summed E-state index contributed by atoms with van der Waals surface area (Å²) in [5.74, 6) is -4.58. The first-order chi connectivity index (χ1) is 13.6. The molecule has 0 fully saturated rings. The summed E-state index contributed by atoms with van der Waals surface area (Å²) in [4.78, 5) is 26.2. The molecule has 0 saturated carbocycles. The molecule has 5 nitrogen and oxygen atoms in total. The van der Waals surface area contributed by atoms with Crippen LogP contribution in [0.5, 0.6) is 0 Å². The monoisotopic (exact) mass is 415 g/mol. The van der Waals surface area contributed by atoms with E-state index in [9.17, 15) is 31.5 Å². The first-order valence-electron chi connectivity index (χ1n) is 8.85. The summed E-state index contributed by atoms with van der Waals surface area (Å²) in [5.41, 5.74) is 0.646.